The molecule has 0 aromatic carbocycles. The van der Waals surface area contributed by atoms with E-state index in [1.54, 1.807) is 12.3 Å². The number of nitrogens with zero attached hydrogens (tertiary/aromatic N) is 1. The van der Waals surface area contributed by atoms with E-state index in [1.807, 2.05) is 10.8 Å². The molecule has 4 nitrogen and oxygen atoms in total. The average Bonchev–Trinajstić information content (AvgIpc) is 2.99. The minimum atomic E-state index is -0.866. The number of aromatic carboxylic acids is 1. The Hall–Kier alpha value is -1.29. The number of hydrogen-bond donors (Lipinski definition) is 1. The van der Waals surface area contributed by atoms with E-state index in [4.69, 9.17) is 9.84 Å². The van der Waals surface area contributed by atoms with Crippen LogP contribution in [-0.4, -0.2) is 27.3 Å². The second-order valence-corrected chi connectivity index (χ2v) is 5.92. The molecule has 1 saturated heterocycles. The van der Waals surface area contributed by atoms with Gasteiger partial charge >= 0.3 is 5.97 Å². The second-order valence-electron chi connectivity index (χ2n) is 5.92. The van der Waals surface area contributed by atoms with Gasteiger partial charge in [-0.2, -0.15) is 0 Å². The number of hydrogen-bond acceptors (Lipinski definition) is 2. The molecule has 19 heavy (non-hydrogen) atoms. The Bertz CT molecular complexity index is 460. The van der Waals surface area contributed by atoms with Gasteiger partial charge in [-0.15, -0.1) is 0 Å². The highest BCUT2D eigenvalue weighted by atomic mass is 16.5. The highest BCUT2D eigenvalue weighted by Crippen LogP contribution is 2.42. The summed E-state index contributed by atoms with van der Waals surface area (Å²) in [5, 5.41) is 8.91. The smallest absolute Gasteiger partial charge is 0.337 e. The number of carboxylic acid groups (broad SMARTS) is 1. The van der Waals surface area contributed by atoms with Crippen LogP contribution in [0, 0.1) is 0 Å². The zero-order valence-corrected chi connectivity index (χ0v) is 11.2. The Kier molecular flexibility index (Phi) is 3.35. The van der Waals surface area contributed by atoms with Crippen molar-refractivity contribution in [3.8, 4) is 0 Å². The average molecular weight is 263 g/mol. The van der Waals surface area contributed by atoms with Gasteiger partial charge in [0.25, 0.3) is 0 Å². The van der Waals surface area contributed by atoms with Crippen LogP contribution in [0.25, 0.3) is 0 Å². The van der Waals surface area contributed by atoms with Crippen LogP contribution in [0.3, 0.4) is 0 Å². The molecule has 1 aromatic heterocycles. The summed E-state index contributed by atoms with van der Waals surface area (Å²) >= 11 is 0. The molecular formula is C15H21NO3. The highest BCUT2D eigenvalue weighted by molar-refractivity contribution is 5.87. The van der Waals surface area contributed by atoms with Crippen molar-refractivity contribution in [2.75, 3.05) is 0 Å². The SMILES string of the molecule is O=C(O)c1ccn(CC2CCC3(CCCCC3)O2)c1. The predicted octanol–water partition coefficient (Wildman–Crippen LogP) is 3.07. The fraction of sp³-hybridized carbons (Fsp3) is 0.667. The van der Waals surface area contributed by atoms with Crippen molar-refractivity contribution in [3.63, 3.8) is 0 Å². The lowest BCUT2D eigenvalue weighted by Crippen LogP contribution is -2.32. The molecule has 3 rings (SSSR count). The first-order valence-electron chi connectivity index (χ1n) is 7.24. The summed E-state index contributed by atoms with van der Waals surface area (Å²) < 4.78 is 8.24. The lowest BCUT2D eigenvalue weighted by molar-refractivity contribution is -0.0679. The summed E-state index contributed by atoms with van der Waals surface area (Å²) in [6, 6.07) is 1.65. The Morgan fingerprint density at radius 1 is 1.37 bits per heavy atom. The molecule has 2 fully saturated rings. The van der Waals surface area contributed by atoms with E-state index in [9.17, 15) is 4.79 Å². The van der Waals surface area contributed by atoms with Crippen LogP contribution in [0.5, 0.6) is 0 Å². The summed E-state index contributed by atoms with van der Waals surface area (Å²) in [6.07, 6.45) is 12.4. The van der Waals surface area contributed by atoms with Crippen molar-refractivity contribution >= 4 is 5.97 Å². The van der Waals surface area contributed by atoms with Gasteiger partial charge in [0.05, 0.1) is 17.3 Å². The Labute approximate surface area is 113 Å². The van der Waals surface area contributed by atoms with Crippen molar-refractivity contribution in [1.29, 1.82) is 0 Å². The fourth-order valence-electron chi connectivity index (χ4n) is 3.50. The molecule has 1 N–H and O–H groups in total. The molecule has 2 aliphatic rings. The Balaban J connectivity index is 1.60. The first kappa shape index (κ1) is 12.7. The van der Waals surface area contributed by atoms with Crippen LogP contribution in [0.15, 0.2) is 18.5 Å². The molecule has 1 saturated carbocycles. The van der Waals surface area contributed by atoms with Gasteiger partial charge in [0, 0.05) is 18.9 Å². The predicted molar refractivity (Wildman–Crippen MR) is 71.3 cm³/mol. The lowest BCUT2D eigenvalue weighted by atomic mass is 9.83. The van der Waals surface area contributed by atoms with Crippen LogP contribution in [0.2, 0.25) is 0 Å². The van der Waals surface area contributed by atoms with E-state index in [1.165, 1.54) is 38.5 Å². The minimum Gasteiger partial charge on any atom is -0.478 e. The van der Waals surface area contributed by atoms with E-state index in [0.29, 0.717) is 5.56 Å². The molecule has 1 unspecified atom stereocenters. The van der Waals surface area contributed by atoms with E-state index >= 15 is 0 Å². The maximum absolute atomic E-state index is 10.8. The largest absolute Gasteiger partial charge is 0.478 e. The van der Waals surface area contributed by atoms with Gasteiger partial charge in [0.2, 0.25) is 0 Å². The first-order chi connectivity index (χ1) is 9.17. The third-order valence-electron chi connectivity index (χ3n) is 4.52. The van der Waals surface area contributed by atoms with E-state index in [2.05, 4.69) is 0 Å². The third kappa shape index (κ3) is 2.68. The van der Waals surface area contributed by atoms with Crippen LogP contribution in [0.4, 0.5) is 0 Å². The molecule has 0 radical (unpaired) electrons. The first-order valence-corrected chi connectivity index (χ1v) is 7.24. The Morgan fingerprint density at radius 2 is 2.16 bits per heavy atom. The molecule has 1 spiro atoms. The van der Waals surface area contributed by atoms with Gasteiger partial charge in [-0.3, -0.25) is 0 Å². The zero-order chi connectivity index (χ0) is 13.3. The van der Waals surface area contributed by atoms with Gasteiger partial charge < -0.3 is 14.4 Å². The van der Waals surface area contributed by atoms with Crippen molar-refractivity contribution in [1.82, 2.24) is 4.57 Å². The van der Waals surface area contributed by atoms with Crippen molar-refractivity contribution in [2.45, 2.75) is 63.2 Å². The monoisotopic (exact) mass is 263 g/mol. The van der Waals surface area contributed by atoms with E-state index in [-0.39, 0.29) is 11.7 Å². The summed E-state index contributed by atoms with van der Waals surface area (Å²) in [5.41, 5.74) is 0.497. The van der Waals surface area contributed by atoms with Gasteiger partial charge in [-0.1, -0.05) is 19.3 Å². The van der Waals surface area contributed by atoms with E-state index in [0.717, 1.165) is 13.0 Å². The van der Waals surface area contributed by atoms with Crippen molar-refractivity contribution < 1.29 is 14.6 Å². The fourth-order valence-corrected chi connectivity index (χ4v) is 3.50. The van der Waals surface area contributed by atoms with Gasteiger partial charge in [-0.05, 0) is 31.7 Å². The Morgan fingerprint density at radius 3 is 2.84 bits per heavy atom. The number of carboxylic acids is 1. The van der Waals surface area contributed by atoms with Crippen LogP contribution >= 0.6 is 0 Å². The number of aromatic nitrogens is 1. The standard InChI is InChI=1S/C15H21NO3/c17-14(18)12-5-9-16(10-12)11-13-4-8-15(19-13)6-2-1-3-7-15/h5,9-10,13H,1-4,6-8,11H2,(H,17,18). The van der Waals surface area contributed by atoms with Crippen molar-refractivity contribution in [2.24, 2.45) is 0 Å². The number of rotatable bonds is 3. The van der Waals surface area contributed by atoms with Crippen LogP contribution < -0.4 is 0 Å². The highest BCUT2D eigenvalue weighted by Gasteiger charge is 2.40. The maximum Gasteiger partial charge on any atom is 0.337 e. The molecule has 1 aliphatic carbocycles. The molecule has 1 atom stereocenters. The molecule has 4 heteroatoms. The van der Waals surface area contributed by atoms with Gasteiger partial charge in [-0.25, -0.2) is 4.79 Å². The number of carbonyl (C=O) groups is 1. The maximum atomic E-state index is 10.8. The minimum absolute atomic E-state index is 0.145. The normalized spacial score (nSPS) is 25.8. The van der Waals surface area contributed by atoms with Crippen LogP contribution in [0.1, 0.15) is 55.3 Å². The molecular weight excluding hydrogens is 242 g/mol. The molecule has 104 valence electrons. The molecule has 2 heterocycles. The lowest BCUT2D eigenvalue weighted by Gasteiger charge is -2.33. The number of ether oxygens (including phenoxy) is 1. The second kappa shape index (κ2) is 5.00. The molecule has 0 amide bonds. The van der Waals surface area contributed by atoms with Crippen molar-refractivity contribution in [3.05, 3.63) is 24.0 Å². The summed E-state index contributed by atoms with van der Waals surface area (Å²) in [4.78, 5) is 10.8. The molecule has 1 aromatic rings. The zero-order valence-electron chi connectivity index (χ0n) is 11.2. The third-order valence-corrected chi connectivity index (χ3v) is 4.52. The van der Waals surface area contributed by atoms with E-state index < -0.39 is 5.97 Å². The van der Waals surface area contributed by atoms with Crippen LogP contribution in [-0.2, 0) is 11.3 Å². The summed E-state index contributed by atoms with van der Waals surface area (Å²) in [5.74, 6) is -0.866. The molecule has 0 bridgehead atoms. The topological polar surface area (TPSA) is 51.5 Å². The van der Waals surface area contributed by atoms with Gasteiger partial charge in [0.1, 0.15) is 0 Å². The quantitative estimate of drug-likeness (QED) is 0.911. The summed E-state index contributed by atoms with van der Waals surface area (Å²) in [6.45, 7) is 0.773. The van der Waals surface area contributed by atoms with Gasteiger partial charge in [0.15, 0.2) is 0 Å². The summed E-state index contributed by atoms with van der Waals surface area (Å²) in [7, 11) is 0. The molecule has 1 aliphatic heterocycles.